The molecule has 1 aromatic heterocycles. The van der Waals surface area contributed by atoms with E-state index < -0.39 is 5.97 Å². The Labute approximate surface area is 92.9 Å². The van der Waals surface area contributed by atoms with Gasteiger partial charge in [-0.3, -0.25) is 9.78 Å². The van der Waals surface area contributed by atoms with Crippen LogP contribution in [0, 0.1) is 0 Å². The summed E-state index contributed by atoms with van der Waals surface area (Å²) in [5.74, 6) is -0.187. The molecule has 0 spiro atoms. The Morgan fingerprint density at radius 2 is 1.94 bits per heavy atom. The molecule has 4 nitrogen and oxygen atoms in total. The lowest BCUT2D eigenvalue weighted by atomic mass is 10.2. The van der Waals surface area contributed by atoms with E-state index in [0.29, 0.717) is 5.69 Å². The van der Waals surface area contributed by atoms with E-state index in [2.05, 4.69) is 9.97 Å². The highest BCUT2D eigenvalue weighted by Gasteiger charge is 2.03. The molecule has 0 aliphatic carbocycles. The zero-order chi connectivity index (χ0) is 11.4. The van der Waals surface area contributed by atoms with Crippen LogP contribution in [0.5, 0.6) is 5.88 Å². The molecule has 0 saturated carbocycles. The second kappa shape index (κ2) is 4.53. The van der Waals surface area contributed by atoms with E-state index >= 15 is 0 Å². The van der Waals surface area contributed by atoms with E-state index in [9.17, 15) is 4.79 Å². The molecule has 1 aromatic carbocycles. The highest BCUT2D eigenvalue weighted by atomic mass is 16.5. The van der Waals surface area contributed by atoms with Gasteiger partial charge in [-0.25, -0.2) is 4.98 Å². The number of esters is 1. The fourth-order valence-electron chi connectivity index (χ4n) is 1.29. The van der Waals surface area contributed by atoms with Crippen molar-refractivity contribution in [1.29, 1.82) is 0 Å². The fraction of sp³-hybridized carbons (Fsp3) is 0.0833. The van der Waals surface area contributed by atoms with Crippen molar-refractivity contribution in [2.75, 3.05) is 0 Å². The molecule has 0 saturated heterocycles. The summed E-state index contributed by atoms with van der Waals surface area (Å²) in [6.45, 7) is 1.33. The van der Waals surface area contributed by atoms with E-state index in [1.807, 2.05) is 30.3 Å². The quantitative estimate of drug-likeness (QED) is 0.718. The van der Waals surface area contributed by atoms with E-state index in [1.54, 1.807) is 6.20 Å². The summed E-state index contributed by atoms with van der Waals surface area (Å²) in [5.41, 5.74) is 1.61. The number of benzene rings is 1. The van der Waals surface area contributed by atoms with Crippen molar-refractivity contribution in [2.24, 2.45) is 0 Å². The molecule has 0 N–H and O–H groups in total. The zero-order valence-corrected chi connectivity index (χ0v) is 8.75. The molecule has 0 unspecified atom stereocenters. The lowest BCUT2D eigenvalue weighted by Gasteiger charge is -2.02. The molecule has 0 aliphatic rings. The maximum absolute atomic E-state index is 10.8. The predicted molar refractivity (Wildman–Crippen MR) is 58.8 cm³/mol. The Morgan fingerprint density at radius 1 is 1.19 bits per heavy atom. The molecule has 2 rings (SSSR count). The number of ether oxygens (including phenoxy) is 1. The van der Waals surface area contributed by atoms with Gasteiger partial charge >= 0.3 is 5.97 Å². The molecule has 80 valence electrons. The van der Waals surface area contributed by atoms with E-state index in [4.69, 9.17) is 4.74 Å². The molecule has 0 fully saturated rings. The van der Waals surface area contributed by atoms with Crippen molar-refractivity contribution in [2.45, 2.75) is 6.92 Å². The minimum atomic E-state index is -0.403. The second-order valence-corrected chi connectivity index (χ2v) is 3.20. The normalized spacial score (nSPS) is 9.81. The largest absolute Gasteiger partial charge is 0.406 e. The summed E-state index contributed by atoms with van der Waals surface area (Å²) in [5, 5.41) is 0. The van der Waals surface area contributed by atoms with Gasteiger partial charge in [-0.1, -0.05) is 30.3 Å². The SMILES string of the molecule is CC(=O)Oc1cncc(-c2ccccc2)n1. The summed E-state index contributed by atoms with van der Waals surface area (Å²) >= 11 is 0. The molecule has 1 heterocycles. The first-order valence-corrected chi connectivity index (χ1v) is 4.81. The minimum absolute atomic E-state index is 0.217. The van der Waals surface area contributed by atoms with Crippen molar-refractivity contribution in [1.82, 2.24) is 9.97 Å². The predicted octanol–water partition coefficient (Wildman–Crippen LogP) is 2.07. The number of hydrogen-bond donors (Lipinski definition) is 0. The van der Waals surface area contributed by atoms with Gasteiger partial charge in [0.2, 0.25) is 5.88 Å². The smallest absolute Gasteiger partial charge is 0.309 e. The monoisotopic (exact) mass is 214 g/mol. The van der Waals surface area contributed by atoms with Gasteiger partial charge in [0.05, 0.1) is 18.1 Å². The Morgan fingerprint density at radius 3 is 2.62 bits per heavy atom. The van der Waals surface area contributed by atoms with E-state index in [-0.39, 0.29) is 5.88 Å². The Balaban J connectivity index is 2.33. The average Bonchev–Trinajstić information content (AvgIpc) is 2.30. The standard InChI is InChI=1S/C12H10N2O2/c1-9(15)16-12-8-13-7-11(14-12)10-5-3-2-4-6-10/h2-8H,1H3. The molecule has 0 radical (unpaired) electrons. The number of nitrogens with zero attached hydrogens (tertiary/aromatic N) is 2. The van der Waals surface area contributed by atoms with Gasteiger partial charge < -0.3 is 4.74 Å². The van der Waals surface area contributed by atoms with Crippen LogP contribution in [0.25, 0.3) is 11.3 Å². The van der Waals surface area contributed by atoms with Crippen LogP contribution in [0.15, 0.2) is 42.7 Å². The number of aromatic nitrogens is 2. The minimum Gasteiger partial charge on any atom is -0.406 e. The van der Waals surface area contributed by atoms with Crippen molar-refractivity contribution in [3.8, 4) is 17.1 Å². The van der Waals surface area contributed by atoms with Crippen LogP contribution in [0.4, 0.5) is 0 Å². The van der Waals surface area contributed by atoms with Gasteiger partial charge in [0.25, 0.3) is 0 Å². The van der Waals surface area contributed by atoms with Gasteiger partial charge in [0, 0.05) is 12.5 Å². The highest BCUT2D eigenvalue weighted by molar-refractivity contribution is 5.69. The topological polar surface area (TPSA) is 52.1 Å². The first-order valence-electron chi connectivity index (χ1n) is 4.81. The third-order valence-electron chi connectivity index (χ3n) is 1.93. The maximum Gasteiger partial charge on any atom is 0.309 e. The van der Waals surface area contributed by atoms with Crippen molar-refractivity contribution < 1.29 is 9.53 Å². The van der Waals surface area contributed by atoms with Crippen molar-refractivity contribution >= 4 is 5.97 Å². The molecular formula is C12H10N2O2. The molecule has 0 atom stereocenters. The summed E-state index contributed by atoms with van der Waals surface area (Å²) < 4.78 is 4.86. The summed E-state index contributed by atoms with van der Waals surface area (Å²) in [4.78, 5) is 18.9. The van der Waals surface area contributed by atoms with Gasteiger partial charge in [-0.15, -0.1) is 0 Å². The van der Waals surface area contributed by atoms with Crippen LogP contribution in [-0.4, -0.2) is 15.9 Å². The fourth-order valence-corrected chi connectivity index (χ4v) is 1.29. The second-order valence-electron chi connectivity index (χ2n) is 3.20. The first kappa shape index (κ1) is 10.3. The summed E-state index contributed by atoms with van der Waals surface area (Å²) in [6.07, 6.45) is 3.04. The van der Waals surface area contributed by atoms with Crippen LogP contribution in [0.2, 0.25) is 0 Å². The molecule has 0 amide bonds. The van der Waals surface area contributed by atoms with E-state index in [1.165, 1.54) is 13.1 Å². The number of hydrogen-bond acceptors (Lipinski definition) is 4. The lowest BCUT2D eigenvalue weighted by Crippen LogP contribution is -2.03. The lowest BCUT2D eigenvalue weighted by molar-refractivity contribution is -0.132. The molecule has 4 heteroatoms. The van der Waals surface area contributed by atoms with Gasteiger partial charge in [-0.2, -0.15) is 0 Å². The zero-order valence-electron chi connectivity index (χ0n) is 8.75. The van der Waals surface area contributed by atoms with Crippen LogP contribution < -0.4 is 4.74 Å². The molecule has 16 heavy (non-hydrogen) atoms. The van der Waals surface area contributed by atoms with Crippen LogP contribution >= 0.6 is 0 Å². The third kappa shape index (κ3) is 2.42. The maximum atomic E-state index is 10.8. The number of carbonyl (C=O) groups is 1. The Bertz CT molecular complexity index is 497. The van der Waals surface area contributed by atoms with Crippen LogP contribution in [0.1, 0.15) is 6.92 Å². The van der Waals surface area contributed by atoms with Gasteiger partial charge in [0.15, 0.2) is 0 Å². The molecular weight excluding hydrogens is 204 g/mol. The Hall–Kier alpha value is -2.23. The number of carbonyl (C=O) groups excluding carboxylic acids is 1. The highest BCUT2D eigenvalue weighted by Crippen LogP contribution is 2.17. The first-order chi connectivity index (χ1) is 7.75. The van der Waals surface area contributed by atoms with Crippen LogP contribution in [-0.2, 0) is 4.79 Å². The van der Waals surface area contributed by atoms with Gasteiger partial charge in [-0.05, 0) is 0 Å². The summed E-state index contributed by atoms with van der Waals surface area (Å²) in [6, 6.07) is 9.58. The van der Waals surface area contributed by atoms with Crippen LogP contribution in [0.3, 0.4) is 0 Å². The van der Waals surface area contributed by atoms with Gasteiger partial charge in [0.1, 0.15) is 0 Å². The summed E-state index contributed by atoms with van der Waals surface area (Å²) in [7, 11) is 0. The van der Waals surface area contributed by atoms with E-state index in [0.717, 1.165) is 5.56 Å². The Kier molecular flexibility index (Phi) is 2.91. The van der Waals surface area contributed by atoms with Crippen molar-refractivity contribution in [3.63, 3.8) is 0 Å². The molecule has 0 bridgehead atoms. The number of rotatable bonds is 2. The third-order valence-corrected chi connectivity index (χ3v) is 1.93. The van der Waals surface area contributed by atoms with Crippen molar-refractivity contribution in [3.05, 3.63) is 42.7 Å². The molecule has 2 aromatic rings. The average molecular weight is 214 g/mol. The molecule has 0 aliphatic heterocycles.